The van der Waals surface area contributed by atoms with Gasteiger partial charge >= 0.3 is 6.03 Å². The molecule has 1 aromatic heterocycles. The molecule has 24 heavy (non-hydrogen) atoms. The third kappa shape index (κ3) is 3.09. The summed E-state index contributed by atoms with van der Waals surface area (Å²) < 4.78 is 5.71. The average molecular weight is 332 g/mol. The zero-order valence-corrected chi connectivity index (χ0v) is 13.7. The first kappa shape index (κ1) is 16.4. The molecule has 8 heteroatoms. The first-order chi connectivity index (χ1) is 11.4. The van der Waals surface area contributed by atoms with Crippen LogP contribution < -0.4 is 5.32 Å². The van der Waals surface area contributed by atoms with Crippen LogP contribution in [0, 0.1) is 0 Å². The molecule has 0 unspecified atom stereocenters. The number of nitrogens with zero attached hydrogens (tertiary/aromatic N) is 3. The predicted molar refractivity (Wildman–Crippen MR) is 83.8 cm³/mol. The quantitative estimate of drug-likeness (QED) is 0.805. The molecule has 2 fully saturated rings. The Morgan fingerprint density at radius 3 is 2.71 bits per heavy atom. The van der Waals surface area contributed by atoms with E-state index in [1.54, 1.807) is 31.1 Å². The molecule has 1 atom stereocenters. The third-order valence-electron chi connectivity index (χ3n) is 4.23. The Kier molecular flexibility index (Phi) is 4.23. The Morgan fingerprint density at radius 2 is 2.08 bits per heavy atom. The van der Waals surface area contributed by atoms with Gasteiger partial charge in [-0.3, -0.25) is 19.5 Å². The number of rotatable bonds is 3. The molecule has 4 amide bonds. The minimum atomic E-state index is -0.970. The normalized spacial score (nSPS) is 23.3. The molecular weight excluding hydrogens is 312 g/mol. The molecule has 2 aliphatic heterocycles. The number of nitrogens with one attached hydrogen (secondary N) is 1. The first-order valence-electron chi connectivity index (χ1n) is 7.82. The predicted octanol–water partition coefficient (Wildman–Crippen LogP) is 0.312. The van der Waals surface area contributed by atoms with E-state index in [1.807, 2.05) is 12.1 Å². The van der Waals surface area contributed by atoms with Gasteiger partial charge < -0.3 is 15.0 Å². The Hall–Kier alpha value is -2.48. The zero-order chi connectivity index (χ0) is 17.3. The number of imide groups is 1. The van der Waals surface area contributed by atoms with E-state index in [2.05, 4.69) is 10.3 Å². The SMILES string of the molecule is CC1(C)NC(=O)N(CC(=O)N2CCO[C@@H](c3ccncc3)C2)C1=O. The molecule has 0 aromatic carbocycles. The molecule has 0 saturated carbocycles. The van der Waals surface area contributed by atoms with Crippen LogP contribution in [0.5, 0.6) is 0 Å². The highest BCUT2D eigenvalue weighted by atomic mass is 16.5. The first-order valence-corrected chi connectivity index (χ1v) is 7.82. The second kappa shape index (κ2) is 6.20. The molecule has 3 rings (SSSR count). The summed E-state index contributed by atoms with van der Waals surface area (Å²) in [4.78, 5) is 43.2. The molecular formula is C16H20N4O4. The lowest BCUT2D eigenvalue weighted by atomic mass is 10.1. The number of aromatic nitrogens is 1. The molecule has 0 radical (unpaired) electrons. The molecule has 0 bridgehead atoms. The van der Waals surface area contributed by atoms with Gasteiger partial charge in [-0.2, -0.15) is 0 Å². The van der Waals surface area contributed by atoms with E-state index in [-0.39, 0.29) is 24.5 Å². The van der Waals surface area contributed by atoms with Crippen molar-refractivity contribution in [3.63, 3.8) is 0 Å². The fraction of sp³-hybridized carbons (Fsp3) is 0.500. The Morgan fingerprint density at radius 1 is 1.38 bits per heavy atom. The molecule has 2 saturated heterocycles. The maximum atomic E-state index is 12.5. The number of pyridine rings is 1. The van der Waals surface area contributed by atoms with Crippen LogP contribution >= 0.6 is 0 Å². The van der Waals surface area contributed by atoms with Crippen molar-refractivity contribution in [1.29, 1.82) is 0 Å². The molecule has 1 N–H and O–H groups in total. The molecule has 0 aliphatic carbocycles. The third-order valence-corrected chi connectivity index (χ3v) is 4.23. The number of carbonyl (C=O) groups excluding carboxylic acids is 3. The number of hydrogen-bond donors (Lipinski definition) is 1. The summed E-state index contributed by atoms with van der Waals surface area (Å²) in [5.74, 6) is -0.654. The number of morpholine rings is 1. The van der Waals surface area contributed by atoms with Crippen LogP contribution in [0.2, 0.25) is 0 Å². The molecule has 2 aliphatic rings. The van der Waals surface area contributed by atoms with E-state index in [1.165, 1.54) is 0 Å². The minimum absolute atomic E-state index is 0.231. The van der Waals surface area contributed by atoms with Gasteiger partial charge in [0, 0.05) is 18.9 Å². The van der Waals surface area contributed by atoms with Crippen LogP contribution in [0.4, 0.5) is 4.79 Å². The molecule has 8 nitrogen and oxygen atoms in total. The summed E-state index contributed by atoms with van der Waals surface area (Å²) >= 11 is 0. The minimum Gasteiger partial charge on any atom is -0.370 e. The lowest BCUT2D eigenvalue weighted by Crippen LogP contribution is -2.48. The maximum absolute atomic E-state index is 12.5. The van der Waals surface area contributed by atoms with Crippen LogP contribution in [0.1, 0.15) is 25.5 Å². The lowest BCUT2D eigenvalue weighted by molar-refractivity contribution is -0.143. The number of carbonyl (C=O) groups is 3. The van der Waals surface area contributed by atoms with Gasteiger partial charge in [-0.05, 0) is 31.5 Å². The Bertz CT molecular complexity index is 661. The van der Waals surface area contributed by atoms with Crippen molar-refractivity contribution in [2.24, 2.45) is 0 Å². The van der Waals surface area contributed by atoms with Gasteiger partial charge in [-0.1, -0.05) is 0 Å². The number of amides is 4. The molecule has 3 heterocycles. The highest BCUT2D eigenvalue weighted by Crippen LogP contribution is 2.22. The maximum Gasteiger partial charge on any atom is 0.325 e. The highest BCUT2D eigenvalue weighted by Gasteiger charge is 2.45. The van der Waals surface area contributed by atoms with E-state index in [0.29, 0.717) is 19.7 Å². The highest BCUT2D eigenvalue weighted by molar-refractivity contribution is 6.08. The van der Waals surface area contributed by atoms with E-state index in [9.17, 15) is 14.4 Å². The van der Waals surface area contributed by atoms with Crippen LogP contribution in [-0.4, -0.2) is 64.4 Å². The smallest absolute Gasteiger partial charge is 0.325 e. The van der Waals surface area contributed by atoms with Gasteiger partial charge in [0.2, 0.25) is 5.91 Å². The van der Waals surface area contributed by atoms with Crippen molar-refractivity contribution in [2.75, 3.05) is 26.2 Å². The fourth-order valence-corrected chi connectivity index (χ4v) is 2.85. The van der Waals surface area contributed by atoms with Crippen molar-refractivity contribution < 1.29 is 19.1 Å². The number of hydrogen-bond acceptors (Lipinski definition) is 5. The second-order valence-electron chi connectivity index (χ2n) is 6.43. The largest absolute Gasteiger partial charge is 0.370 e. The van der Waals surface area contributed by atoms with Gasteiger partial charge in [0.05, 0.1) is 13.2 Å². The van der Waals surface area contributed by atoms with Crippen molar-refractivity contribution in [3.8, 4) is 0 Å². The van der Waals surface area contributed by atoms with E-state index in [4.69, 9.17) is 4.74 Å². The van der Waals surface area contributed by atoms with Gasteiger partial charge in [0.15, 0.2) is 0 Å². The van der Waals surface area contributed by atoms with Crippen LogP contribution in [0.25, 0.3) is 0 Å². The molecule has 1 aromatic rings. The van der Waals surface area contributed by atoms with E-state index in [0.717, 1.165) is 10.5 Å². The number of urea groups is 1. The molecule has 128 valence electrons. The van der Waals surface area contributed by atoms with Crippen molar-refractivity contribution in [2.45, 2.75) is 25.5 Å². The Labute approximate surface area is 139 Å². The summed E-state index contributed by atoms with van der Waals surface area (Å²) in [6.45, 7) is 4.21. The zero-order valence-electron chi connectivity index (χ0n) is 13.7. The van der Waals surface area contributed by atoms with E-state index < -0.39 is 11.6 Å². The second-order valence-corrected chi connectivity index (χ2v) is 6.43. The average Bonchev–Trinajstić information content (AvgIpc) is 2.77. The van der Waals surface area contributed by atoms with Crippen molar-refractivity contribution >= 4 is 17.8 Å². The number of ether oxygens (including phenoxy) is 1. The van der Waals surface area contributed by atoms with Crippen molar-refractivity contribution in [1.82, 2.24) is 20.1 Å². The standard InChI is InChI=1S/C16H20N4O4/c1-16(2)14(22)20(15(23)18-16)10-13(21)19-7-8-24-12(9-19)11-3-5-17-6-4-11/h3-6,12H,7-10H2,1-2H3,(H,18,23)/t12-/m1/s1. The summed E-state index contributed by atoms with van der Waals surface area (Å²) in [6.07, 6.45) is 3.12. The van der Waals surface area contributed by atoms with Gasteiger partial charge in [-0.25, -0.2) is 4.79 Å². The summed E-state index contributed by atoms with van der Waals surface area (Å²) in [7, 11) is 0. The summed E-state index contributed by atoms with van der Waals surface area (Å²) in [5, 5.41) is 2.57. The fourth-order valence-electron chi connectivity index (χ4n) is 2.85. The molecule has 0 spiro atoms. The van der Waals surface area contributed by atoms with Crippen LogP contribution in [-0.2, 0) is 14.3 Å². The Balaban J connectivity index is 1.65. The van der Waals surface area contributed by atoms with Gasteiger partial charge in [0.1, 0.15) is 18.2 Å². The van der Waals surface area contributed by atoms with Crippen LogP contribution in [0.15, 0.2) is 24.5 Å². The van der Waals surface area contributed by atoms with E-state index >= 15 is 0 Å². The topological polar surface area (TPSA) is 91.8 Å². The van der Waals surface area contributed by atoms with Crippen molar-refractivity contribution in [3.05, 3.63) is 30.1 Å². The lowest BCUT2D eigenvalue weighted by Gasteiger charge is -2.33. The van der Waals surface area contributed by atoms with Gasteiger partial charge in [0.25, 0.3) is 5.91 Å². The summed E-state index contributed by atoms with van der Waals surface area (Å²) in [5.41, 5.74) is -0.0271. The van der Waals surface area contributed by atoms with Crippen LogP contribution in [0.3, 0.4) is 0 Å². The summed E-state index contributed by atoms with van der Waals surface area (Å²) in [6, 6.07) is 3.16. The van der Waals surface area contributed by atoms with Gasteiger partial charge in [-0.15, -0.1) is 0 Å². The monoisotopic (exact) mass is 332 g/mol.